The Kier molecular flexibility index (Phi) is 4.49. The number of amides is 2. The second kappa shape index (κ2) is 6.94. The Morgan fingerprint density at radius 3 is 2.42 bits per heavy atom. The van der Waals surface area contributed by atoms with Gasteiger partial charge in [0.2, 0.25) is 11.8 Å². The third-order valence-corrected chi connectivity index (χ3v) is 5.37. The molecule has 0 N–H and O–H groups in total. The van der Waals surface area contributed by atoms with Crippen LogP contribution in [0.5, 0.6) is 0 Å². The van der Waals surface area contributed by atoms with Gasteiger partial charge in [-0.25, -0.2) is 0 Å². The zero-order chi connectivity index (χ0) is 18.1. The zero-order valence-corrected chi connectivity index (χ0v) is 15.1. The lowest BCUT2D eigenvalue weighted by Gasteiger charge is -2.41. The van der Waals surface area contributed by atoms with Crippen LogP contribution < -0.4 is 4.90 Å². The average Bonchev–Trinajstić information content (AvgIpc) is 3.49. The summed E-state index contributed by atoms with van der Waals surface area (Å²) < 4.78 is 0. The SMILES string of the molecule is Cc1ccccc1N1C[C@H](Cc2ccccc2)N(C(=O)C2CC2)CC1=O. The molecule has 1 saturated heterocycles. The lowest BCUT2D eigenvalue weighted by Crippen LogP contribution is -2.59. The number of anilines is 1. The van der Waals surface area contributed by atoms with E-state index in [1.165, 1.54) is 5.56 Å². The summed E-state index contributed by atoms with van der Waals surface area (Å²) in [4.78, 5) is 29.3. The molecule has 4 rings (SSSR count). The van der Waals surface area contributed by atoms with Crippen LogP contribution >= 0.6 is 0 Å². The van der Waals surface area contributed by atoms with Gasteiger partial charge in [0.15, 0.2) is 0 Å². The predicted octanol–water partition coefficient (Wildman–Crippen LogP) is 3.19. The third-order valence-electron chi connectivity index (χ3n) is 5.37. The molecule has 1 atom stereocenters. The highest BCUT2D eigenvalue weighted by Crippen LogP contribution is 2.33. The summed E-state index contributed by atoms with van der Waals surface area (Å²) in [6.07, 6.45) is 2.70. The van der Waals surface area contributed by atoms with E-state index < -0.39 is 0 Å². The monoisotopic (exact) mass is 348 g/mol. The van der Waals surface area contributed by atoms with Crippen molar-refractivity contribution in [3.05, 3.63) is 65.7 Å². The summed E-state index contributed by atoms with van der Waals surface area (Å²) in [5.41, 5.74) is 3.24. The summed E-state index contributed by atoms with van der Waals surface area (Å²) in [6.45, 7) is 2.76. The van der Waals surface area contributed by atoms with E-state index in [4.69, 9.17) is 0 Å². The molecule has 0 unspecified atom stereocenters. The van der Waals surface area contributed by atoms with Gasteiger partial charge in [-0.15, -0.1) is 0 Å². The second-order valence-electron chi connectivity index (χ2n) is 7.37. The largest absolute Gasteiger partial charge is 0.328 e. The number of carbonyl (C=O) groups is 2. The lowest BCUT2D eigenvalue weighted by molar-refractivity contribution is -0.140. The van der Waals surface area contributed by atoms with E-state index in [2.05, 4.69) is 12.1 Å². The van der Waals surface area contributed by atoms with Crippen molar-refractivity contribution in [2.75, 3.05) is 18.0 Å². The van der Waals surface area contributed by atoms with Crippen molar-refractivity contribution in [3.63, 3.8) is 0 Å². The Bertz CT molecular complexity index is 814. The molecule has 1 heterocycles. The number of hydrogen-bond donors (Lipinski definition) is 0. The van der Waals surface area contributed by atoms with Crippen molar-refractivity contribution in [2.24, 2.45) is 5.92 Å². The standard InChI is InChI=1S/C22H24N2O2/c1-16-7-5-6-10-20(16)24-14-19(13-17-8-3-2-4-9-17)23(15-21(24)25)22(26)18-11-12-18/h2-10,18-19H,11-15H2,1H3/t19-/m0/s1. The zero-order valence-electron chi connectivity index (χ0n) is 15.1. The predicted molar refractivity (Wildman–Crippen MR) is 102 cm³/mol. The molecule has 2 aliphatic rings. The number of piperazine rings is 1. The van der Waals surface area contributed by atoms with E-state index in [-0.39, 0.29) is 30.3 Å². The summed E-state index contributed by atoms with van der Waals surface area (Å²) in [5, 5.41) is 0. The minimum atomic E-state index is 0.0117. The quantitative estimate of drug-likeness (QED) is 0.851. The maximum absolute atomic E-state index is 12.8. The third kappa shape index (κ3) is 3.36. The fraction of sp³-hybridized carbons (Fsp3) is 0.364. The second-order valence-corrected chi connectivity index (χ2v) is 7.37. The van der Waals surface area contributed by atoms with E-state index in [1.54, 1.807) is 0 Å². The summed E-state index contributed by atoms with van der Waals surface area (Å²) in [5.74, 6) is 0.299. The molecule has 1 aliphatic heterocycles. The molecule has 2 amide bonds. The normalized spacial score (nSPS) is 20.3. The summed E-state index contributed by atoms with van der Waals surface area (Å²) >= 11 is 0. The molecule has 26 heavy (non-hydrogen) atoms. The Morgan fingerprint density at radius 1 is 1.04 bits per heavy atom. The molecule has 2 aromatic carbocycles. The molecule has 1 aliphatic carbocycles. The van der Waals surface area contributed by atoms with Gasteiger partial charge in [-0.05, 0) is 43.4 Å². The van der Waals surface area contributed by atoms with Crippen LogP contribution in [0, 0.1) is 12.8 Å². The van der Waals surface area contributed by atoms with Crippen molar-refractivity contribution in [1.82, 2.24) is 4.90 Å². The first-order chi connectivity index (χ1) is 12.6. The minimum Gasteiger partial charge on any atom is -0.328 e. The highest BCUT2D eigenvalue weighted by molar-refractivity contribution is 5.99. The molecular formula is C22H24N2O2. The Hall–Kier alpha value is -2.62. The van der Waals surface area contributed by atoms with Crippen LogP contribution in [0.3, 0.4) is 0 Å². The van der Waals surface area contributed by atoms with Crippen LogP contribution in [-0.4, -0.2) is 35.8 Å². The number of benzene rings is 2. The fourth-order valence-electron chi connectivity index (χ4n) is 3.75. The highest BCUT2D eigenvalue weighted by atomic mass is 16.2. The van der Waals surface area contributed by atoms with Gasteiger partial charge >= 0.3 is 0 Å². The molecule has 0 radical (unpaired) electrons. The fourth-order valence-corrected chi connectivity index (χ4v) is 3.75. The van der Waals surface area contributed by atoms with Crippen LogP contribution in [0.15, 0.2) is 54.6 Å². The van der Waals surface area contributed by atoms with Crippen molar-refractivity contribution in [1.29, 1.82) is 0 Å². The summed E-state index contributed by atoms with van der Waals surface area (Å²) in [7, 11) is 0. The smallest absolute Gasteiger partial charge is 0.246 e. The van der Waals surface area contributed by atoms with E-state index >= 15 is 0 Å². The van der Waals surface area contributed by atoms with E-state index in [0.29, 0.717) is 6.54 Å². The van der Waals surface area contributed by atoms with Crippen molar-refractivity contribution in [2.45, 2.75) is 32.2 Å². The number of para-hydroxylation sites is 1. The lowest BCUT2D eigenvalue weighted by atomic mass is 10.00. The van der Waals surface area contributed by atoms with E-state index in [0.717, 1.165) is 30.5 Å². The van der Waals surface area contributed by atoms with Crippen molar-refractivity contribution >= 4 is 17.5 Å². The molecule has 0 aromatic heterocycles. The van der Waals surface area contributed by atoms with Gasteiger partial charge in [-0.2, -0.15) is 0 Å². The summed E-state index contributed by atoms with van der Waals surface area (Å²) in [6, 6.07) is 18.2. The van der Waals surface area contributed by atoms with Gasteiger partial charge in [0.1, 0.15) is 6.54 Å². The average molecular weight is 348 g/mol. The van der Waals surface area contributed by atoms with Gasteiger partial charge in [-0.1, -0.05) is 48.5 Å². The molecule has 4 heteroatoms. The van der Waals surface area contributed by atoms with Crippen LogP contribution in [0.2, 0.25) is 0 Å². The number of rotatable bonds is 4. The molecule has 2 aromatic rings. The van der Waals surface area contributed by atoms with Gasteiger partial charge in [0.05, 0.1) is 6.04 Å². The first-order valence-corrected chi connectivity index (χ1v) is 9.34. The van der Waals surface area contributed by atoms with Gasteiger partial charge in [0.25, 0.3) is 0 Å². The minimum absolute atomic E-state index is 0.0117. The number of carbonyl (C=O) groups excluding carboxylic acids is 2. The number of aryl methyl sites for hydroxylation is 1. The Balaban J connectivity index is 1.62. The first-order valence-electron chi connectivity index (χ1n) is 9.34. The molecule has 0 spiro atoms. The highest BCUT2D eigenvalue weighted by Gasteiger charge is 2.41. The van der Waals surface area contributed by atoms with Crippen LogP contribution in [0.1, 0.15) is 24.0 Å². The van der Waals surface area contributed by atoms with Gasteiger partial charge < -0.3 is 9.80 Å². The van der Waals surface area contributed by atoms with Crippen molar-refractivity contribution < 1.29 is 9.59 Å². The number of hydrogen-bond acceptors (Lipinski definition) is 2. The van der Waals surface area contributed by atoms with Gasteiger partial charge in [-0.3, -0.25) is 9.59 Å². The van der Waals surface area contributed by atoms with Crippen LogP contribution in [0.4, 0.5) is 5.69 Å². The van der Waals surface area contributed by atoms with Gasteiger partial charge in [0, 0.05) is 18.2 Å². The molecule has 1 saturated carbocycles. The Labute approximate surface area is 154 Å². The van der Waals surface area contributed by atoms with Crippen LogP contribution in [-0.2, 0) is 16.0 Å². The molecule has 2 fully saturated rings. The topological polar surface area (TPSA) is 40.6 Å². The van der Waals surface area contributed by atoms with Crippen LogP contribution in [0.25, 0.3) is 0 Å². The maximum Gasteiger partial charge on any atom is 0.246 e. The molecule has 4 nitrogen and oxygen atoms in total. The first kappa shape index (κ1) is 16.8. The van der Waals surface area contributed by atoms with Crippen molar-refractivity contribution in [3.8, 4) is 0 Å². The molecule has 0 bridgehead atoms. The molecule has 134 valence electrons. The van der Waals surface area contributed by atoms with E-state index in [9.17, 15) is 9.59 Å². The van der Waals surface area contributed by atoms with E-state index in [1.807, 2.05) is 59.2 Å². The Morgan fingerprint density at radius 2 is 1.73 bits per heavy atom. The number of nitrogens with zero attached hydrogens (tertiary/aromatic N) is 2. The maximum atomic E-state index is 12.8. The molecular weight excluding hydrogens is 324 g/mol.